The highest BCUT2D eigenvalue weighted by Gasteiger charge is 2.09. The first-order valence-electron chi connectivity index (χ1n) is 3.08. The second-order valence-corrected chi connectivity index (χ2v) is 1.95. The summed E-state index contributed by atoms with van der Waals surface area (Å²) in [6, 6.07) is 0. The predicted octanol–water partition coefficient (Wildman–Crippen LogP) is -0.148. The van der Waals surface area contributed by atoms with Crippen molar-refractivity contribution < 1.29 is 14.3 Å². The Balaban J connectivity index is 3.88. The minimum absolute atomic E-state index is 0.0107. The van der Waals surface area contributed by atoms with Crippen LogP contribution in [0, 0.1) is 0 Å². The van der Waals surface area contributed by atoms with Crippen molar-refractivity contribution in [3.63, 3.8) is 0 Å². The van der Waals surface area contributed by atoms with E-state index < -0.39 is 5.97 Å². The number of esters is 1. The SMILES string of the molecule is C=C(CC(=O)NC)C(=O)OC. The van der Waals surface area contributed by atoms with Crippen LogP contribution in [-0.2, 0) is 14.3 Å². The molecule has 0 aromatic heterocycles. The topological polar surface area (TPSA) is 55.4 Å². The molecular formula is C7H11NO3. The van der Waals surface area contributed by atoms with Gasteiger partial charge in [0, 0.05) is 12.6 Å². The Labute approximate surface area is 65.2 Å². The molecule has 1 amide bonds. The van der Waals surface area contributed by atoms with E-state index in [1.54, 1.807) is 0 Å². The highest BCUT2D eigenvalue weighted by Crippen LogP contribution is 1.98. The molecule has 0 rings (SSSR count). The minimum atomic E-state index is -0.548. The summed E-state index contributed by atoms with van der Waals surface area (Å²) in [7, 11) is 2.74. The summed E-state index contributed by atoms with van der Waals surface area (Å²) >= 11 is 0. The van der Waals surface area contributed by atoms with Crippen molar-refractivity contribution in [2.75, 3.05) is 14.2 Å². The summed E-state index contributed by atoms with van der Waals surface area (Å²) < 4.78 is 4.34. The molecule has 0 aromatic carbocycles. The highest BCUT2D eigenvalue weighted by atomic mass is 16.5. The molecule has 4 heteroatoms. The van der Waals surface area contributed by atoms with Crippen LogP contribution in [-0.4, -0.2) is 26.0 Å². The lowest BCUT2D eigenvalue weighted by Gasteiger charge is -2.00. The summed E-state index contributed by atoms with van der Waals surface area (Å²) in [5.74, 6) is -0.797. The summed E-state index contributed by atoms with van der Waals surface area (Å²) in [6.07, 6.45) is -0.0107. The number of hydrogen-bond acceptors (Lipinski definition) is 3. The highest BCUT2D eigenvalue weighted by molar-refractivity contribution is 5.94. The molecule has 0 heterocycles. The number of hydrogen-bond donors (Lipinski definition) is 1. The fourth-order valence-corrected chi connectivity index (χ4v) is 0.499. The van der Waals surface area contributed by atoms with E-state index >= 15 is 0 Å². The Morgan fingerprint density at radius 1 is 1.55 bits per heavy atom. The average molecular weight is 157 g/mol. The van der Waals surface area contributed by atoms with Crippen LogP contribution in [0.2, 0.25) is 0 Å². The number of carbonyl (C=O) groups is 2. The van der Waals surface area contributed by atoms with Crippen LogP contribution in [0.25, 0.3) is 0 Å². The van der Waals surface area contributed by atoms with Crippen molar-refractivity contribution in [2.45, 2.75) is 6.42 Å². The van der Waals surface area contributed by atoms with Crippen molar-refractivity contribution in [3.8, 4) is 0 Å². The summed E-state index contributed by atoms with van der Waals surface area (Å²) in [5, 5.41) is 2.37. The van der Waals surface area contributed by atoms with Gasteiger partial charge in [-0.1, -0.05) is 6.58 Å². The van der Waals surface area contributed by atoms with E-state index in [1.165, 1.54) is 14.2 Å². The Morgan fingerprint density at radius 2 is 2.09 bits per heavy atom. The third-order valence-corrected chi connectivity index (χ3v) is 1.13. The molecule has 0 bridgehead atoms. The zero-order valence-electron chi connectivity index (χ0n) is 6.64. The molecule has 0 saturated heterocycles. The van der Waals surface area contributed by atoms with E-state index in [0.29, 0.717) is 0 Å². The Morgan fingerprint density at radius 3 is 2.45 bits per heavy atom. The van der Waals surface area contributed by atoms with Crippen LogP contribution >= 0.6 is 0 Å². The van der Waals surface area contributed by atoms with Gasteiger partial charge in [-0.25, -0.2) is 4.79 Å². The largest absolute Gasteiger partial charge is 0.466 e. The standard InChI is InChI=1S/C7H11NO3/c1-5(7(10)11-3)4-6(9)8-2/h1,4H2,2-3H3,(H,8,9). The summed E-state index contributed by atoms with van der Waals surface area (Å²) in [5.41, 5.74) is 0.159. The van der Waals surface area contributed by atoms with E-state index in [4.69, 9.17) is 0 Å². The number of ether oxygens (including phenoxy) is 1. The van der Waals surface area contributed by atoms with Crippen LogP contribution in [0.1, 0.15) is 6.42 Å². The minimum Gasteiger partial charge on any atom is -0.466 e. The van der Waals surface area contributed by atoms with Gasteiger partial charge < -0.3 is 10.1 Å². The number of methoxy groups -OCH3 is 1. The Hall–Kier alpha value is -1.32. The molecule has 0 saturated carbocycles. The Kier molecular flexibility index (Phi) is 3.95. The molecule has 1 N–H and O–H groups in total. The molecular weight excluding hydrogens is 146 g/mol. The van der Waals surface area contributed by atoms with Gasteiger partial charge in [0.1, 0.15) is 0 Å². The van der Waals surface area contributed by atoms with E-state index in [0.717, 1.165) is 0 Å². The monoisotopic (exact) mass is 157 g/mol. The first-order valence-corrected chi connectivity index (χ1v) is 3.08. The van der Waals surface area contributed by atoms with Crippen molar-refractivity contribution in [3.05, 3.63) is 12.2 Å². The maximum Gasteiger partial charge on any atom is 0.333 e. The van der Waals surface area contributed by atoms with Crippen LogP contribution in [0.15, 0.2) is 12.2 Å². The fourth-order valence-electron chi connectivity index (χ4n) is 0.499. The van der Waals surface area contributed by atoms with E-state index in [2.05, 4.69) is 16.6 Å². The molecule has 0 aliphatic rings. The first kappa shape index (κ1) is 9.68. The Bertz CT molecular complexity index is 186. The second-order valence-electron chi connectivity index (χ2n) is 1.95. The summed E-state index contributed by atoms with van der Waals surface area (Å²) in [4.78, 5) is 21.3. The van der Waals surface area contributed by atoms with Gasteiger partial charge in [0.2, 0.25) is 5.91 Å². The molecule has 4 nitrogen and oxygen atoms in total. The lowest BCUT2D eigenvalue weighted by molar-refractivity contribution is -0.137. The van der Waals surface area contributed by atoms with E-state index in [1.807, 2.05) is 0 Å². The van der Waals surface area contributed by atoms with Crippen molar-refractivity contribution >= 4 is 11.9 Å². The van der Waals surface area contributed by atoms with Gasteiger partial charge in [-0.15, -0.1) is 0 Å². The number of nitrogens with one attached hydrogen (secondary N) is 1. The molecule has 0 unspecified atom stereocenters. The fraction of sp³-hybridized carbons (Fsp3) is 0.429. The van der Waals surface area contributed by atoms with Gasteiger partial charge in [-0.05, 0) is 0 Å². The lowest BCUT2D eigenvalue weighted by Crippen LogP contribution is -2.20. The average Bonchev–Trinajstić information content (AvgIpc) is 2.02. The lowest BCUT2D eigenvalue weighted by atomic mass is 10.2. The van der Waals surface area contributed by atoms with Gasteiger partial charge in [0.25, 0.3) is 0 Å². The van der Waals surface area contributed by atoms with Crippen molar-refractivity contribution in [2.24, 2.45) is 0 Å². The third-order valence-electron chi connectivity index (χ3n) is 1.13. The van der Waals surface area contributed by atoms with Gasteiger partial charge in [0.05, 0.1) is 13.5 Å². The molecule has 62 valence electrons. The van der Waals surface area contributed by atoms with Gasteiger partial charge in [0.15, 0.2) is 0 Å². The van der Waals surface area contributed by atoms with Crippen LogP contribution < -0.4 is 5.32 Å². The molecule has 11 heavy (non-hydrogen) atoms. The molecule has 0 aliphatic heterocycles. The molecule has 0 atom stereocenters. The van der Waals surface area contributed by atoms with Crippen molar-refractivity contribution in [1.82, 2.24) is 5.32 Å². The molecule has 0 aliphatic carbocycles. The quantitative estimate of drug-likeness (QED) is 0.458. The zero-order chi connectivity index (χ0) is 8.85. The van der Waals surface area contributed by atoms with Crippen LogP contribution in [0.5, 0.6) is 0 Å². The molecule has 0 radical (unpaired) electrons. The van der Waals surface area contributed by atoms with Crippen LogP contribution in [0.3, 0.4) is 0 Å². The molecule has 0 spiro atoms. The number of carbonyl (C=O) groups excluding carboxylic acids is 2. The van der Waals surface area contributed by atoms with E-state index in [-0.39, 0.29) is 17.9 Å². The maximum absolute atomic E-state index is 10.7. The van der Waals surface area contributed by atoms with Crippen LogP contribution in [0.4, 0.5) is 0 Å². The predicted molar refractivity (Wildman–Crippen MR) is 39.8 cm³/mol. The second kappa shape index (κ2) is 4.49. The first-order chi connectivity index (χ1) is 5.11. The van der Waals surface area contributed by atoms with Gasteiger partial charge in [-0.2, -0.15) is 0 Å². The van der Waals surface area contributed by atoms with Gasteiger partial charge >= 0.3 is 5.97 Å². The molecule has 0 fully saturated rings. The van der Waals surface area contributed by atoms with Crippen molar-refractivity contribution in [1.29, 1.82) is 0 Å². The number of rotatable bonds is 3. The molecule has 0 aromatic rings. The normalized spacial score (nSPS) is 8.55. The maximum atomic E-state index is 10.7. The zero-order valence-corrected chi connectivity index (χ0v) is 6.64. The third kappa shape index (κ3) is 3.40. The van der Waals surface area contributed by atoms with Gasteiger partial charge in [-0.3, -0.25) is 4.79 Å². The number of amides is 1. The van der Waals surface area contributed by atoms with E-state index in [9.17, 15) is 9.59 Å². The smallest absolute Gasteiger partial charge is 0.333 e. The summed E-state index contributed by atoms with van der Waals surface area (Å²) in [6.45, 7) is 3.38.